The third-order valence-electron chi connectivity index (χ3n) is 4.35. The van der Waals surface area contributed by atoms with Crippen molar-refractivity contribution in [3.05, 3.63) is 40.7 Å². The number of morpholine rings is 1. The standard InChI is InChI=1S/C21H24N2O7/c1-12(24)29-18(20(27)30-21(2,3)4)17-19(26)23(9-10-28-17)14-6-7-15-13(11-14)5-8-16(25)22-15/h5-8,11,17-18H,9-10H2,1-4H3,(H,22,25)/t17-,18-/m1/s1. The van der Waals surface area contributed by atoms with E-state index in [-0.39, 0.29) is 18.7 Å². The number of esters is 2. The van der Waals surface area contributed by atoms with Crippen molar-refractivity contribution in [1.82, 2.24) is 4.98 Å². The molecule has 0 aliphatic carbocycles. The Kier molecular flexibility index (Phi) is 5.93. The average molecular weight is 416 g/mol. The summed E-state index contributed by atoms with van der Waals surface area (Å²) in [5.41, 5.74) is 0.148. The van der Waals surface area contributed by atoms with Crippen molar-refractivity contribution in [1.29, 1.82) is 0 Å². The van der Waals surface area contributed by atoms with E-state index in [2.05, 4.69) is 4.98 Å². The smallest absolute Gasteiger partial charge is 0.351 e. The molecule has 160 valence electrons. The van der Waals surface area contributed by atoms with Gasteiger partial charge in [0.15, 0.2) is 6.10 Å². The highest BCUT2D eigenvalue weighted by Crippen LogP contribution is 2.25. The van der Waals surface area contributed by atoms with Crippen LogP contribution < -0.4 is 10.5 Å². The number of aromatic nitrogens is 1. The van der Waals surface area contributed by atoms with E-state index in [9.17, 15) is 19.2 Å². The molecule has 1 fully saturated rings. The molecule has 9 nitrogen and oxygen atoms in total. The number of hydrogen-bond acceptors (Lipinski definition) is 7. The zero-order valence-corrected chi connectivity index (χ0v) is 17.3. The van der Waals surface area contributed by atoms with Gasteiger partial charge in [-0.15, -0.1) is 0 Å². The van der Waals surface area contributed by atoms with E-state index in [1.807, 2.05) is 0 Å². The Hall–Kier alpha value is -3.20. The maximum absolute atomic E-state index is 13.2. The number of carbonyl (C=O) groups excluding carboxylic acids is 3. The molecule has 3 rings (SSSR count). The Labute approximate surface area is 172 Å². The van der Waals surface area contributed by atoms with Gasteiger partial charge in [-0.25, -0.2) is 4.79 Å². The van der Waals surface area contributed by atoms with Crippen LogP contribution in [0.3, 0.4) is 0 Å². The van der Waals surface area contributed by atoms with Crippen LogP contribution in [0.1, 0.15) is 27.7 Å². The Bertz CT molecular complexity index is 1040. The highest BCUT2D eigenvalue weighted by atomic mass is 16.6. The summed E-state index contributed by atoms with van der Waals surface area (Å²) in [6.45, 7) is 6.56. The second-order valence-corrected chi connectivity index (χ2v) is 7.94. The second kappa shape index (κ2) is 8.27. The molecule has 2 aromatic rings. The van der Waals surface area contributed by atoms with Crippen molar-refractivity contribution in [2.75, 3.05) is 18.1 Å². The van der Waals surface area contributed by atoms with Gasteiger partial charge in [0.2, 0.25) is 11.7 Å². The number of pyridine rings is 1. The minimum Gasteiger partial charge on any atom is -0.457 e. The first-order chi connectivity index (χ1) is 14.0. The van der Waals surface area contributed by atoms with E-state index in [4.69, 9.17) is 14.2 Å². The highest BCUT2D eigenvalue weighted by molar-refractivity contribution is 6.02. The van der Waals surface area contributed by atoms with E-state index >= 15 is 0 Å². The molecule has 1 aliphatic heterocycles. The van der Waals surface area contributed by atoms with Gasteiger partial charge in [-0.3, -0.25) is 14.4 Å². The SMILES string of the molecule is CC(=O)O[C@@H](C(=O)OC(C)(C)C)[C@H]1OCCN(c2ccc3[nH]c(=O)ccc3c2)C1=O. The molecule has 2 heterocycles. The Morgan fingerprint density at radius 1 is 1.20 bits per heavy atom. The van der Waals surface area contributed by atoms with Crippen molar-refractivity contribution in [2.24, 2.45) is 0 Å². The van der Waals surface area contributed by atoms with Gasteiger partial charge in [-0.1, -0.05) is 0 Å². The molecule has 1 aromatic heterocycles. The number of rotatable bonds is 4. The number of amides is 1. The van der Waals surface area contributed by atoms with Gasteiger partial charge < -0.3 is 24.1 Å². The first-order valence-electron chi connectivity index (χ1n) is 9.51. The summed E-state index contributed by atoms with van der Waals surface area (Å²) in [5.74, 6) is -2.11. The van der Waals surface area contributed by atoms with Crippen LogP contribution >= 0.6 is 0 Å². The lowest BCUT2D eigenvalue weighted by Crippen LogP contribution is -2.56. The minimum absolute atomic E-state index is 0.140. The number of aromatic amines is 1. The van der Waals surface area contributed by atoms with E-state index in [1.54, 1.807) is 45.0 Å². The zero-order chi connectivity index (χ0) is 22.1. The van der Waals surface area contributed by atoms with Crippen molar-refractivity contribution < 1.29 is 28.6 Å². The molecule has 0 unspecified atom stereocenters. The number of ether oxygens (including phenoxy) is 3. The van der Waals surface area contributed by atoms with E-state index < -0.39 is 35.7 Å². The Morgan fingerprint density at radius 3 is 2.60 bits per heavy atom. The summed E-state index contributed by atoms with van der Waals surface area (Å²) >= 11 is 0. The topological polar surface area (TPSA) is 115 Å². The van der Waals surface area contributed by atoms with Crippen LogP contribution in [-0.2, 0) is 28.6 Å². The molecule has 1 saturated heterocycles. The molecule has 0 bridgehead atoms. The van der Waals surface area contributed by atoms with Gasteiger partial charge >= 0.3 is 11.9 Å². The van der Waals surface area contributed by atoms with Crippen LogP contribution in [0.4, 0.5) is 5.69 Å². The summed E-state index contributed by atoms with van der Waals surface area (Å²) in [6.07, 6.45) is -2.85. The van der Waals surface area contributed by atoms with Gasteiger partial charge in [0.05, 0.1) is 6.61 Å². The number of fused-ring (bicyclic) bond motifs is 1. The highest BCUT2D eigenvalue weighted by Gasteiger charge is 2.44. The van der Waals surface area contributed by atoms with Crippen LogP contribution in [0.5, 0.6) is 0 Å². The number of carbonyl (C=O) groups is 3. The van der Waals surface area contributed by atoms with Gasteiger partial charge in [0.1, 0.15) is 5.60 Å². The molecule has 0 spiro atoms. The molecule has 30 heavy (non-hydrogen) atoms. The summed E-state index contributed by atoms with van der Waals surface area (Å²) in [4.78, 5) is 53.0. The zero-order valence-electron chi connectivity index (χ0n) is 17.3. The number of nitrogens with zero attached hydrogens (tertiary/aromatic N) is 1. The molecule has 1 aliphatic rings. The van der Waals surface area contributed by atoms with E-state index in [1.165, 1.54) is 11.0 Å². The average Bonchev–Trinajstić information content (AvgIpc) is 2.64. The van der Waals surface area contributed by atoms with Crippen LogP contribution in [-0.4, -0.2) is 53.8 Å². The van der Waals surface area contributed by atoms with Crippen LogP contribution in [0.25, 0.3) is 10.9 Å². The van der Waals surface area contributed by atoms with Crippen molar-refractivity contribution in [3.63, 3.8) is 0 Å². The van der Waals surface area contributed by atoms with E-state index in [0.29, 0.717) is 11.2 Å². The number of benzene rings is 1. The van der Waals surface area contributed by atoms with Crippen LogP contribution in [0, 0.1) is 0 Å². The summed E-state index contributed by atoms with van der Waals surface area (Å²) in [5, 5.41) is 0.742. The summed E-state index contributed by atoms with van der Waals surface area (Å²) in [7, 11) is 0. The van der Waals surface area contributed by atoms with Gasteiger partial charge in [-0.2, -0.15) is 0 Å². The fraction of sp³-hybridized carbons (Fsp3) is 0.429. The fourth-order valence-corrected chi connectivity index (χ4v) is 3.16. The minimum atomic E-state index is -1.52. The summed E-state index contributed by atoms with van der Waals surface area (Å²) < 4.78 is 15.9. The second-order valence-electron chi connectivity index (χ2n) is 7.94. The first-order valence-corrected chi connectivity index (χ1v) is 9.51. The third-order valence-corrected chi connectivity index (χ3v) is 4.35. The third kappa shape index (κ3) is 4.85. The molecule has 0 radical (unpaired) electrons. The number of anilines is 1. The van der Waals surface area contributed by atoms with Gasteiger partial charge in [-0.05, 0) is 45.0 Å². The number of hydrogen-bond donors (Lipinski definition) is 1. The number of nitrogens with one attached hydrogen (secondary N) is 1. The molecular weight excluding hydrogens is 392 g/mol. The van der Waals surface area contributed by atoms with Crippen molar-refractivity contribution >= 4 is 34.4 Å². The van der Waals surface area contributed by atoms with Gasteiger partial charge in [0.25, 0.3) is 5.91 Å². The van der Waals surface area contributed by atoms with Crippen LogP contribution in [0.15, 0.2) is 35.1 Å². The molecule has 0 saturated carbocycles. The molecular formula is C21H24N2O7. The lowest BCUT2D eigenvalue weighted by Gasteiger charge is -2.35. The summed E-state index contributed by atoms with van der Waals surface area (Å²) in [6, 6.07) is 8.19. The Morgan fingerprint density at radius 2 is 1.93 bits per heavy atom. The predicted molar refractivity (Wildman–Crippen MR) is 108 cm³/mol. The number of H-pyrrole nitrogens is 1. The largest absolute Gasteiger partial charge is 0.457 e. The molecule has 2 atom stereocenters. The molecule has 1 amide bonds. The monoisotopic (exact) mass is 416 g/mol. The predicted octanol–water partition coefficient (Wildman–Crippen LogP) is 1.53. The lowest BCUT2D eigenvalue weighted by molar-refractivity contribution is -0.188. The quantitative estimate of drug-likeness (QED) is 0.752. The van der Waals surface area contributed by atoms with Gasteiger partial charge in [0, 0.05) is 36.1 Å². The van der Waals surface area contributed by atoms with Crippen LogP contribution in [0.2, 0.25) is 0 Å². The van der Waals surface area contributed by atoms with Crippen molar-refractivity contribution in [2.45, 2.75) is 45.5 Å². The lowest BCUT2D eigenvalue weighted by atomic mass is 10.1. The Balaban J connectivity index is 1.90. The maximum atomic E-state index is 13.2. The molecule has 1 N–H and O–H groups in total. The normalized spacial score (nSPS) is 18.2. The molecule has 1 aromatic carbocycles. The molecule has 9 heteroatoms. The van der Waals surface area contributed by atoms with E-state index in [0.717, 1.165) is 12.3 Å². The first kappa shape index (κ1) is 21.5. The maximum Gasteiger partial charge on any atom is 0.351 e. The fourth-order valence-electron chi connectivity index (χ4n) is 3.16. The van der Waals surface area contributed by atoms with Crippen molar-refractivity contribution in [3.8, 4) is 0 Å².